The number of piperazine rings is 1. The summed E-state index contributed by atoms with van der Waals surface area (Å²) >= 11 is 1.49. The van der Waals surface area contributed by atoms with Gasteiger partial charge in [0.25, 0.3) is 0 Å². The molecular weight excluding hydrogens is 383 g/mol. The molecule has 3 nitrogen and oxygen atoms in total. The van der Waals surface area contributed by atoms with Gasteiger partial charge in [0.15, 0.2) is 0 Å². The van der Waals surface area contributed by atoms with Gasteiger partial charge in [-0.05, 0) is 50.3 Å². The molecule has 0 unspecified atom stereocenters. The van der Waals surface area contributed by atoms with E-state index in [1.54, 1.807) is 6.07 Å². The fourth-order valence-electron chi connectivity index (χ4n) is 3.67. The van der Waals surface area contributed by atoms with E-state index < -0.39 is 18.7 Å². The van der Waals surface area contributed by atoms with Crippen molar-refractivity contribution < 1.29 is 17.3 Å². The van der Waals surface area contributed by atoms with E-state index in [-0.39, 0.29) is 0 Å². The third-order valence-corrected chi connectivity index (χ3v) is 6.31. The predicted molar refractivity (Wildman–Crippen MR) is 108 cm³/mol. The monoisotopic (exact) mass is 410 g/mol. The molecule has 2 aliphatic rings. The highest BCUT2D eigenvalue weighted by Crippen LogP contribution is 2.49. The summed E-state index contributed by atoms with van der Waals surface area (Å²) in [7, 11) is 0. The fourth-order valence-corrected chi connectivity index (χ4v) is 4.75. The molecule has 2 aromatic rings. The van der Waals surface area contributed by atoms with Gasteiger partial charge in [0, 0.05) is 46.6 Å². The Hall–Kier alpha value is -1.70. The van der Waals surface area contributed by atoms with Crippen molar-refractivity contribution in [2.75, 3.05) is 51.1 Å². The van der Waals surface area contributed by atoms with Crippen molar-refractivity contribution in [3.05, 3.63) is 48.0 Å². The SMILES string of the molecule is [2H]C([2H])([2H])N1CCN(CCCN2c3ccccc3Sc3ccc(C(F)(F)F)cc32)CC1. The molecular formula is C21H24F3N3S. The van der Waals surface area contributed by atoms with Crippen LogP contribution in [0.2, 0.25) is 0 Å². The molecule has 1 saturated heterocycles. The number of benzene rings is 2. The molecule has 0 bridgehead atoms. The standard InChI is InChI=1S/C21H24F3N3S/c1-25-11-13-26(14-12-25)9-4-10-27-17-5-2-3-6-19(17)28-20-8-7-16(15-18(20)27)21(22,23)24/h2-3,5-8,15H,4,9-14H2,1H3/i1D3. The molecule has 0 N–H and O–H groups in total. The van der Waals surface area contributed by atoms with Crippen LogP contribution in [0.1, 0.15) is 16.1 Å². The quantitative estimate of drug-likeness (QED) is 0.706. The molecule has 0 atom stereocenters. The van der Waals surface area contributed by atoms with Crippen LogP contribution in [0.4, 0.5) is 24.5 Å². The predicted octanol–water partition coefficient (Wildman–Crippen LogP) is 4.95. The number of hydrogen-bond donors (Lipinski definition) is 0. The highest BCUT2D eigenvalue weighted by atomic mass is 32.2. The molecule has 1 fully saturated rings. The number of para-hydroxylation sites is 1. The van der Waals surface area contributed by atoms with Gasteiger partial charge in [0.2, 0.25) is 0 Å². The molecule has 2 aliphatic heterocycles. The second-order valence-corrected chi connectivity index (χ2v) is 8.17. The minimum absolute atomic E-state index is 0.497. The van der Waals surface area contributed by atoms with E-state index >= 15 is 0 Å². The van der Waals surface area contributed by atoms with Crippen LogP contribution in [0.5, 0.6) is 0 Å². The number of fused-ring (bicyclic) bond motifs is 2. The minimum atomic E-state index is -4.38. The smallest absolute Gasteiger partial charge is 0.340 e. The van der Waals surface area contributed by atoms with Crippen LogP contribution in [-0.4, -0.2) is 56.0 Å². The molecule has 7 heteroatoms. The molecule has 2 heterocycles. The average molecular weight is 411 g/mol. The number of nitrogens with zero attached hydrogens (tertiary/aromatic N) is 3. The first kappa shape index (κ1) is 16.1. The van der Waals surface area contributed by atoms with Crippen LogP contribution >= 0.6 is 11.8 Å². The van der Waals surface area contributed by atoms with Gasteiger partial charge in [-0.2, -0.15) is 13.2 Å². The summed E-state index contributed by atoms with van der Waals surface area (Å²) in [6, 6.07) is 11.7. The maximum Gasteiger partial charge on any atom is 0.416 e. The molecule has 0 amide bonds. The lowest BCUT2D eigenvalue weighted by atomic mass is 10.1. The zero-order valence-corrected chi connectivity index (χ0v) is 16.2. The lowest BCUT2D eigenvalue weighted by Crippen LogP contribution is -2.45. The Bertz CT molecular complexity index is 928. The fraction of sp³-hybridized carbons (Fsp3) is 0.429. The summed E-state index contributed by atoms with van der Waals surface area (Å²) in [6.45, 7) is 1.66. The van der Waals surface area contributed by atoms with Gasteiger partial charge in [0.1, 0.15) is 0 Å². The zero-order valence-electron chi connectivity index (χ0n) is 18.4. The van der Waals surface area contributed by atoms with Gasteiger partial charge in [-0.15, -0.1) is 0 Å². The second-order valence-electron chi connectivity index (χ2n) is 7.08. The summed E-state index contributed by atoms with van der Waals surface area (Å²) in [4.78, 5) is 7.56. The Morgan fingerprint density at radius 2 is 1.71 bits per heavy atom. The average Bonchev–Trinajstić information content (AvgIpc) is 2.72. The van der Waals surface area contributed by atoms with Gasteiger partial charge in [0.05, 0.1) is 16.9 Å². The summed E-state index contributed by atoms with van der Waals surface area (Å²) in [5.74, 6) is 0. The lowest BCUT2D eigenvalue weighted by Gasteiger charge is -2.35. The summed E-state index contributed by atoms with van der Waals surface area (Å²) < 4.78 is 62.5. The highest BCUT2D eigenvalue weighted by Gasteiger charge is 2.33. The van der Waals surface area contributed by atoms with E-state index in [9.17, 15) is 13.2 Å². The Morgan fingerprint density at radius 1 is 0.964 bits per heavy atom. The van der Waals surface area contributed by atoms with E-state index in [1.807, 2.05) is 29.2 Å². The molecule has 150 valence electrons. The first-order chi connectivity index (χ1) is 14.6. The Kier molecular flexibility index (Phi) is 4.59. The highest BCUT2D eigenvalue weighted by molar-refractivity contribution is 7.99. The van der Waals surface area contributed by atoms with Crippen LogP contribution in [0, 0.1) is 0 Å². The maximum atomic E-state index is 13.3. The third kappa shape index (κ3) is 4.16. The number of hydrogen-bond acceptors (Lipinski definition) is 4. The van der Waals surface area contributed by atoms with Crippen molar-refractivity contribution in [2.24, 2.45) is 0 Å². The Labute approximate surface area is 172 Å². The molecule has 0 radical (unpaired) electrons. The van der Waals surface area contributed by atoms with Crippen LogP contribution < -0.4 is 4.90 Å². The second kappa shape index (κ2) is 7.97. The van der Waals surface area contributed by atoms with Crippen molar-refractivity contribution in [1.29, 1.82) is 0 Å². The summed E-state index contributed by atoms with van der Waals surface area (Å²) in [6.07, 6.45) is -3.62. The first-order valence-electron chi connectivity index (χ1n) is 10.9. The Balaban J connectivity index is 1.47. The van der Waals surface area contributed by atoms with Crippen molar-refractivity contribution in [3.63, 3.8) is 0 Å². The zero-order chi connectivity index (χ0) is 22.2. The molecule has 0 aliphatic carbocycles. The maximum absolute atomic E-state index is 13.3. The van der Waals surface area contributed by atoms with Crippen LogP contribution in [0.3, 0.4) is 0 Å². The molecule has 4 rings (SSSR count). The molecule has 28 heavy (non-hydrogen) atoms. The Morgan fingerprint density at radius 3 is 2.46 bits per heavy atom. The molecule has 0 saturated carbocycles. The number of alkyl halides is 3. The first-order valence-corrected chi connectivity index (χ1v) is 10.2. The van der Waals surface area contributed by atoms with E-state index in [1.165, 1.54) is 22.7 Å². The topological polar surface area (TPSA) is 9.72 Å². The van der Waals surface area contributed by atoms with Crippen LogP contribution in [0.15, 0.2) is 52.3 Å². The number of anilines is 2. The van der Waals surface area contributed by atoms with Crippen molar-refractivity contribution in [2.45, 2.75) is 22.4 Å². The number of likely N-dealkylation sites (N-methyl/N-ethyl adjacent to an activating group) is 1. The lowest BCUT2D eigenvalue weighted by molar-refractivity contribution is -0.137. The van der Waals surface area contributed by atoms with Crippen LogP contribution in [0.25, 0.3) is 0 Å². The van der Waals surface area contributed by atoms with E-state index in [4.69, 9.17) is 4.11 Å². The van der Waals surface area contributed by atoms with Gasteiger partial charge in [-0.3, -0.25) is 0 Å². The van der Waals surface area contributed by atoms with Gasteiger partial charge >= 0.3 is 6.18 Å². The van der Waals surface area contributed by atoms with E-state index in [2.05, 4.69) is 4.90 Å². The van der Waals surface area contributed by atoms with Crippen molar-refractivity contribution in [1.82, 2.24) is 9.80 Å². The molecule has 0 spiro atoms. The molecule has 0 aromatic heterocycles. The third-order valence-electron chi connectivity index (χ3n) is 5.18. The van der Waals surface area contributed by atoms with Crippen molar-refractivity contribution in [3.8, 4) is 0 Å². The number of halogens is 3. The summed E-state index contributed by atoms with van der Waals surface area (Å²) in [5, 5.41) is 0. The van der Waals surface area contributed by atoms with E-state index in [0.717, 1.165) is 34.5 Å². The van der Waals surface area contributed by atoms with Gasteiger partial charge in [-0.1, -0.05) is 23.9 Å². The minimum Gasteiger partial charge on any atom is -0.340 e. The van der Waals surface area contributed by atoms with Crippen molar-refractivity contribution >= 4 is 23.1 Å². The van der Waals surface area contributed by atoms with E-state index in [0.29, 0.717) is 38.4 Å². The summed E-state index contributed by atoms with van der Waals surface area (Å²) in [5.41, 5.74) is 0.870. The number of rotatable bonds is 4. The normalized spacial score (nSPS) is 20.1. The largest absolute Gasteiger partial charge is 0.416 e. The van der Waals surface area contributed by atoms with Gasteiger partial charge < -0.3 is 14.7 Å². The van der Waals surface area contributed by atoms with Gasteiger partial charge in [-0.25, -0.2) is 0 Å². The van der Waals surface area contributed by atoms with Crippen LogP contribution in [-0.2, 0) is 6.18 Å². The molecule has 2 aromatic carbocycles.